The molecular weight excluding hydrogens is 513 g/mol. The zero-order chi connectivity index (χ0) is 21.7. The van der Waals surface area contributed by atoms with E-state index in [1.807, 2.05) is 7.05 Å². The van der Waals surface area contributed by atoms with Gasteiger partial charge in [-0.25, -0.2) is 0 Å². The topological polar surface area (TPSA) is 43.3 Å². The van der Waals surface area contributed by atoms with Crippen molar-refractivity contribution in [3.05, 3.63) is 29.8 Å². The van der Waals surface area contributed by atoms with E-state index in [1.54, 1.807) is 7.11 Å². The van der Waals surface area contributed by atoms with E-state index < -0.39 is 0 Å². The number of benzene rings is 1. The van der Waals surface area contributed by atoms with E-state index in [9.17, 15) is 0 Å². The van der Waals surface area contributed by atoms with E-state index in [0.717, 1.165) is 31.3 Å². The van der Waals surface area contributed by atoms with Crippen LogP contribution in [-0.2, 0) is 0 Å². The molecular formula is C25H42IN5O. The Kier molecular flexibility index (Phi) is 9.49. The Hall–Kier alpha value is -1.06. The molecule has 1 aromatic rings. The fourth-order valence-corrected chi connectivity index (χ4v) is 5.68. The Bertz CT molecular complexity index is 726. The van der Waals surface area contributed by atoms with Crippen molar-refractivity contribution in [2.75, 3.05) is 67.0 Å². The van der Waals surface area contributed by atoms with Crippen LogP contribution in [0.1, 0.15) is 50.0 Å². The van der Waals surface area contributed by atoms with E-state index in [1.165, 1.54) is 70.3 Å². The monoisotopic (exact) mass is 555 g/mol. The minimum absolute atomic E-state index is 0. The summed E-state index contributed by atoms with van der Waals surface area (Å²) in [5, 5.41) is 3.82. The van der Waals surface area contributed by atoms with Crippen LogP contribution in [0.5, 0.6) is 5.75 Å². The fourth-order valence-electron chi connectivity index (χ4n) is 5.68. The lowest BCUT2D eigenvalue weighted by atomic mass is 9.84. The van der Waals surface area contributed by atoms with Crippen LogP contribution in [0.2, 0.25) is 0 Å². The zero-order valence-corrected chi connectivity index (χ0v) is 22.5. The van der Waals surface area contributed by atoms with Gasteiger partial charge in [0.05, 0.1) is 7.11 Å². The minimum Gasteiger partial charge on any atom is -0.497 e. The van der Waals surface area contributed by atoms with Crippen molar-refractivity contribution in [3.63, 3.8) is 0 Å². The van der Waals surface area contributed by atoms with Crippen molar-refractivity contribution in [3.8, 4) is 5.75 Å². The number of nitrogens with zero attached hydrogens (tertiary/aromatic N) is 4. The van der Waals surface area contributed by atoms with Gasteiger partial charge in [-0.05, 0) is 83.0 Å². The van der Waals surface area contributed by atoms with Gasteiger partial charge in [0.2, 0.25) is 0 Å². The molecule has 0 radical (unpaired) electrons. The maximum atomic E-state index is 5.32. The number of ether oxygens (including phenoxy) is 1. The van der Waals surface area contributed by atoms with Crippen molar-refractivity contribution < 1.29 is 4.74 Å². The molecule has 3 saturated heterocycles. The highest BCUT2D eigenvalue weighted by Gasteiger charge is 2.40. The van der Waals surface area contributed by atoms with E-state index in [4.69, 9.17) is 4.74 Å². The first-order valence-electron chi connectivity index (χ1n) is 12.2. The van der Waals surface area contributed by atoms with Gasteiger partial charge in [-0.2, -0.15) is 0 Å². The summed E-state index contributed by atoms with van der Waals surface area (Å²) in [5.74, 6) is 2.56. The second kappa shape index (κ2) is 11.9. The van der Waals surface area contributed by atoms with Crippen molar-refractivity contribution in [2.24, 2.45) is 4.99 Å². The molecule has 1 N–H and O–H groups in total. The first-order chi connectivity index (χ1) is 15.1. The molecule has 1 aromatic carbocycles. The van der Waals surface area contributed by atoms with Crippen LogP contribution >= 0.6 is 24.0 Å². The quantitative estimate of drug-likeness (QED) is 0.342. The Labute approximate surface area is 211 Å². The molecule has 0 aliphatic carbocycles. The Morgan fingerprint density at radius 3 is 2.38 bits per heavy atom. The largest absolute Gasteiger partial charge is 0.497 e. The summed E-state index contributed by atoms with van der Waals surface area (Å²) in [6.07, 6.45) is 7.77. The molecule has 3 aliphatic rings. The fraction of sp³-hybridized carbons (Fsp3) is 0.720. The molecule has 180 valence electrons. The van der Waals surface area contributed by atoms with Crippen LogP contribution in [-0.4, -0.2) is 93.2 Å². The molecule has 7 heteroatoms. The van der Waals surface area contributed by atoms with Crippen LogP contribution in [0, 0.1) is 0 Å². The van der Waals surface area contributed by atoms with Crippen LogP contribution in [0.15, 0.2) is 29.3 Å². The smallest absolute Gasteiger partial charge is 0.193 e. The maximum absolute atomic E-state index is 5.32. The second-order valence-corrected chi connectivity index (χ2v) is 9.68. The summed E-state index contributed by atoms with van der Waals surface area (Å²) in [5.41, 5.74) is 1.68. The van der Waals surface area contributed by atoms with Crippen molar-refractivity contribution in [2.45, 2.75) is 50.0 Å². The molecule has 4 rings (SSSR count). The van der Waals surface area contributed by atoms with Crippen molar-refractivity contribution in [1.29, 1.82) is 0 Å². The van der Waals surface area contributed by atoms with Gasteiger partial charge in [0.15, 0.2) is 5.96 Å². The predicted octanol–water partition coefficient (Wildman–Crippen LogP) is 3.63. The highest BCUT2D eigenvalue weighted by atomic mass is 127. The molecule has 1 unspecified atom stereocenters. The number of rotatable bonds is 5. The van der Waals surface area contributed by atoms with Crippen LogP contribution in [0.25, 0.3) is 0 Å². The molecule has 3 heterocycles. The van der Waals surface area contributed by atoms with Gasteiger partial charge in [-0.1, -0.05) is 18.6 Å². The Balaban J connectivity index is 0.00000289. The number of likely N-dealkylation sites (tertiary alicyclic amines) is 3. The zero-order valence-electron chi connectivity index (χ0n) is 20.2. The van der Waals surface area contributed by atoms with Gasteiger partial charge in [0.1, 0.15) is 5.75 Å². The van der Waals surface area contributed by atoms with Crippen LogP contribution in [0.4, 0.5) is 0 Å². The third kappa shape index (κ3) is 5.89. The highest BCUT2D eigenvalue weighted by Crippen LogP contribution is 2.32. The third-order valence-corrected chi connectivity index (χ3v) is 7.81. The molecule has 3 fully saturated rings. The normalized spacial score (nSPS) is 24.8. The first kappa shape index (κ1) is 25.6. The summed E-state index contributed by atoms with van der Waals surface area (Å²) in [4.78, 5) is 12.4. The van der Waals surface area contributed by atoms with Gasteiger partial charge < -0.3 is 19.9 Å². The number of guanidine groups is 1. The molecule has 0 spiro atoms. The Morgan fingerprint density at radius 1 is 1.06 bits per heavy atom. The first-order valence-corrected chi connectivity index (χ1v) is 12.2. The van der Waals surface area contributed by atoms with Crippen LogP contribution < -0.4 is 10.1 Å². The average molecular weight is 556 g/mol. The second-order valence-electron chi connectivity index (χ2n) is 9.68. The minimum atomic E-state index is 0. The number of hydrogen-bond donors (Lipinski definition) is 1. The maximum Gasteiger partial charge on any atom is 0.193 e. The summed E-state index contributed by atoms with van der Waals surface area (Å²) in [6, 6.07) is 8.58. The molecule has 0 saturated carbocycles. The molecule has 3 aliphatic heterocycles. The standard InChI is InChI=1S/C25H41N5O.HI/c1-26-24(29-16-11-22(19-29)21-7-9-23(31-3)10-8-21)27-20-25(12-17-28(2)18-13-25)30-14-5-4-6-15-30;/h7-10,22H,4-6,11-20H2,1-3H3,(H,26,27);1H. The summed E-state index contributed by atoms with van der Waals surface area (Å²) < 4.78 is 5.32. The van der Waals surface area contributed by atoms with Gasteiger partial charge in [-0.15, -0.1) is 24.0 Å². The Morgan fingerprint density at radius 2 is 1.75 bits per heavy atom. The van der Waals surface area contributed by atoms with E-state index in [2.05, 4.69) is 56.3 Å². The van der Waals surface area contributed by atoms with E-state index in [0.29, 0.717) is 5.92 Å². The lowest BCUT2D eigenvalue weighted by molar-refractivity contribution is 0.0170. The number of methoxy groups -OCH3 is 1. The predicted molar refractivity (Wildman–Crippen MR) is 144 cm³/mol. The lowest BCUT2D eigenvalue weighted by Gasteiger charge is -2.50. The van der Waals surface area contributed by atoms with Crippen molar-refractivity contribution >= 4 is 29.9 Å². The van der Waals surface area contributed by atoms with Gasteiger partial charge >= 0.3 is 0 Å². The van der Waals surface area contributed by atoms with E-state index in [-0.39, 0.29) is 29.5 Å². The van der Waals surface area contributed by atoms with Crippen LogP contribution in [0.3, 0.4) is 0 Å². The molecule has 0 amide bonds. The number of halogens is 1. The molecule has 0 bridgehead atoms. The molecule has 0 aromatic heterocycles. The molecule has 6 nitrogen and oxygen atoms in total. The summed E-state index contributed by atoms with van der Waals surface area (Å²) in [6.45, 7) is 8.01. The molecule has 32 heavy (non-hydrogen) atoms. The average Bonchev–Trinajstić information content (AvgIpc) is 3.31. The number of hydrogen-bond acceptors (Lipinski definition) is 4. The number of piperidine rings is 2. The number of aliphatic imine (C=N–C) groups is 1. The summed E-state index contributed by atoms with van der Waals surface area (Å²) in [7, 11) is 5.92. The van der Waals surface area contributed by atoms with Crippen molar-refractivity contribution in [1.82, 2.24) is 20.0 Å². The van der Waals surface area contributed by atoms with Gasteiger partial charge in [0.25, 0.3) is 0 Å². The number of nitrogens with one attached hydrogen (secondary N) is 1. The lowest BCUT2D eigenvalue weighted by Crippen LogP contribution is -2.62. The third-order valence-electron chi connectivity index (χ3n) is 7.81. The highest BCUT2D eigenvalue weighted by molar-refractivity contribution is 14.0. The van der Waals surface area contributed by atoms with E-state index >= 15 is 0 Å². The van der Waals surface area contributed by atoms with Gasteiger partial charge in [0, 0.05) is 38.1 Å². The van der Waals surface area contributed by atoms with Gasteiger partial charge in [-0.3, -0.25) is 9.89 Å². The molecule has 1 atom stereocenters. The SMILES string of the molecule is CN=C(NCC1(N2CCCCC2)CCN(C)CC1)N1CCC(c2ccc(OC)cc2)C1.I. The summed E-state index contributed by atoms with van der Waals surface area (Å²) >= 11 is 0.